The average Bonchev–Trinajstić information content (AvgIpc) is 2.35. The predicted octanol–water partition coefficient (Wildman–Crippen LogP) is 2.40. The van der Waals surface area contributed by atoms with E-state index < -0.39 is 11.9 Å². The van der Waals surface area contributed by atoms with Gasteiger partial charge < -0.3 is 15.8 Å². The highest BCUT2D eigenvalue weighted by atomic mass is 19.1. The van der Waals surface area contributed by atoms with E-state index in [1.165, 1.54) is 12.1 Å². The van der Waals surface area contributed by atoms with Gasteiger partial charge in [0, 0.05) is 17.8 Å². The third-order valence-corrected chi connectivity index (χ3v) is 2.99. The lowest BCUT2D eigenvalue weighted by atomic mass is 10.2. The van der Waals surface area contributed by atoms with Crippen molar-refractivity contribution >= 4 is 11.6 Å². The zero-order valence-corrected chi connectivity index (χ0v) is 11.8. The van der Waals surface area contributed by atoms with Crippen molar-refractivity contribution < 1.29 is 13.9 Å². The maximum atomic E-state index is 13.6. The molecule has 1 amide bonds. The minimum Gasteiger partial charge on any atom is -0.478 e. The van der Waals surface area contributed by atoms with Crippen LogP contribution in [0.25, 0.3) is 0 Å². The first-order valence-electron chi connectivity index (χ1n) is 6.37. The zero-order chi connectivity index (χ0) is 14.6. The van der Waals surface area contributed by atoms with Crippen molar-refractivity contribution in [3.63, 3.8) is 0 Å². The fourth-order valence-electron chi connectivity index (χ4n) is 1.47. The van der Waals surface area contributed by atoms with Crippen LogP contribution in [-0.4, -0.2) is 18.1 Å². The third-order valence-electron chi connectivity index (χ3n) is 2.99. The molecule has 0 heterocycles. The molecule has 1 aromatic carbocycles. The summed E-state index contributed by atoms with van der Waals surface area (Å²) in [5.41, 5.74) is 6.67. The summed E-state index contributed by atoms with van der Waals surface area (Å²) < 4.78 is 19.0. The number of aryl methyl sites for hydroxylation is 1. The van der Waals surface area contributed by atoms with Crippen LogP contribution in [0.3, 0.4) is 0 Å². The molecule has 0 saturated heterocycles. The molecule has 0 aliphatic carbocycles. The lowest BCUT2D eigenvalue weighted by Crippen LogP contribution is -2.41. The Morgan fingerprint density at radius 2 is 2.11 bits per heavy atom. The number of hydrogen-bond acceptors (Lipinski definition) is 3. The number of hydrogen-bond donors (Lipinski definition) is 2. The maximum absolute atomic E-state index is 13.6. The first-order chi connectivity index (χ1) is 8.85. The Balaban J connectivity index is 2.74. The summed E-state index contributed by atoms with van der Waals surface area (Å²) in [6, 6.07) is 2.76. The van der Waals surface area contributed by atoms with Crippen LogP contribution in [0.5, 0.6) is 5.75 Å². The van der Waals surface area contributed by atoms with E-state index in [2.05, 4.69) is 5.32 Å². The van der Waals surface area contributed by atoms with Crippen LogP contribution in [0, 0.1) is 12.7 Å². The lowest BCUT2D eigenvalue weighted by Gasteiger charge is -2.18. The molecule has 3 N–H and O–H groups in total. The summed E-state index contributed by atoms with van der Waals surface area (Å²) in [5, 5.41) is 2.78. The Hall–Kier alpha value is -1.78. The molecule has 5 heteroatoms. The monoisotopic (exact) mass is 268 g/mol. The van der Waals surface area contributed by atoms with Gasteiger partial charge in [-0.15, -0.1) is 0 Å². The van der Waals surface area contributed by atoms with Gasteiger partial charge in [0.1, 0.15) is 0 Å². The molecule has 2 unspecified atom stereocenters. The summed E-state index contributed by atoms with van der Waals surface area (Å²) in [6.07, 6.45) is 0.0693. The largest absolute Gasteiger partial charge is 0.478 e. The van der Waals surface area contributed by atoms with Crippen LogP contribution < -0.4 is 15.8 Å². The fraction of sp³-hybridized carbons (Fsp3) is 0.500. The topological polar surface area (TPSA) is 64.3 Å². The molecule has 0 spiro atoms. The van der Waals surface area contributed by atoms with Crippen molar-refractivity contribution in [3.05, 3.63) is 23.5 Å². The molecule has 0 aliphatic rings. The van der Waals surface area contributed by atoms with Crippen LogP contribution in [0.2, 0.25) is 0 Å². The van der Waals surface area contributed by atoms with E-state index in [1.54, 1.807) is 13.8 Å². The molecule has 2 atom stereocenters. The van der Waals surface area contributed by atoms with E-state index >= 15 is 0 Å². The van der Waals surface area contributed by atoms with E-state index in [0.717, 1.165) is 6.42 Å². The Kier molecular flexibility index (Phi) is 5.15. The van der Waals surface area contributed by atoms with Crippen LogP contribution in [0.15, 0.2) is 12.1 Å². The maximum Gasteiger partial charge on any atom is 0.260 e. The molecule has 4 nitrogen and oxygen atoms in total. The highest BCUT2D eigenvalue weighted by Crippen LogP contribution is 2.24. The van der Waals surface area contributed by atoms with Gasteiger partial charge in [0.05, 0.1) is 0 Å². The number of nitrogen functional groups attached to an aromatic ring is 1. The summed E-state index contributed by atoms with van der Waals surface area (Å²) in [7, 11) is 0. The molecule has 19 heavy (non-hydrogen) atoms. The third kappa shape index (κ3) is 4.12. The lowest BCUT2D eigenvalue weighted by molar-refractivity contribution is -0.127. The number of benzene rings is 1. The molecular formula is C14H21FN2O2. The second-order valence-corrected chi connectivity index (χ2v) is 4.72. The number of carbonyl (C=O) groups excluding carboxylic acids is 1. The van der Waals surface area contributed by atoms with Gasteiger partial charge in [-0.3, -0.25) is 4.79 Å². The predicted molar refractivity (Wildman–Crippen MR) is 73.5 cm³/mol. The molecule has 1 aromatic rings. The second-order valence-electron chi connectivity index (χ2n) is 4.72. The van der Waals surface area contributed by atoms with Gasteiger partial charge in [-0.1, -0.05) is 6.92 Å². The van der Waals surface area contributed by atoms with Crippen molar-refractivity contribution in [2.24, 2.45) is 0 Å². The quantitative estimate of drug-likeness (QED) is 0.806. The van der Waals surface area contributed by atoms with Crippen LogP contribution in [0.1, 0.15) is 32.8 Å². The fourth-order valence-corrected chi connectivity index (χ4v) is 1.47. The van der Waals surface area contributed by atoms with Crippen molar-refractivity contribution in [1.82, 2.24) is 5.32 Å². The Labute approximate surface area is 113 Å². The van der Waals surface area contributed by atoms with Gasteiger partial charge in [0.2, 0.25) is 0 Å². The molecule has 0 radical (unpaired) electrons. The Morgan fingerprint density at radius 3 is 2.68 bits per heavy atom. The van der Waals surface area contributed by atoms with E-state index in [4.69, 9.17) is 10.5 Å². The highest BCUT2D eigenvalue weighted by molar-refractivity contribution is 5.81. The molecule has 106 valence electrons. The minimum absolute atomic E-state index is 0.0403. The summed E-state index contributed by atoms with van der Waals surface area (Å²) in [4.78, 5) is 11.8. The van der Waals surface area contributed by atoms with E-state index in [-0.39, 0.29) is 17.7 Å². The van der Waals surface area contributed by atoms with Crippen molar-refractivity contribution in [2.75, 3.05) is 5.73 Å². The smallest absolute Gasteiger partial charge is 0.260 e. The van der Waals surface area contributed by atoms with Gasteiger partial charge in [-0.25, -0.2) is 4.39 Å². The SMILES string of the molecule is CCC(C)NC(=O)C(C)Oc1cc(C)c(N)cc1F. The molecular weight excluding hydrogens is 247 g/mol. The summed E-state index contributed by atoms with van der Waals surface area (Å²) in [5.74, 6) is -0.784. The number of amides is 1. The zero-order valence-electron chi connectivity index (χ0n) is 11.8. The van der Waals surface area contributed by atoms with Gasteiger partial charge >= 0.3 is 0 Å². The van der Waals surface area contributed by atoms with Gasteiger partial charge in [0.25, 0.3) is 5.91 Å². The van der Waals surface area contributed by atoms with E-state index in [1.807, 2.05) is 13.8 Å². The first kappa shape index (κ1) is 15.3. The number of nitrogens with two attached hydrogens (primary N) is 1. The average molecular weight is 268 g/mol. The van der Waals surface area contributed by atoms with Gasteiger partial charge in [-0.2, -0.15) is 0 Å². The molecule has 0 aromatic heterocycles. The van der Waals surface area contributed by atoms with Crippen molar-refractivity contribution in [1.29, 1.82) is 0 Å². The highest BCUT2D eigenvalue weighted by Gasteiger charge is 2.18. The minimum atomic E-state index is -0.758. The molecule has 0 aliphatic heterocycles. The van der Waals surface area contributed by atoms with Gasteiger partial charge in [0.15, 0.2) is 17.7 Å². The standard InChI is InChI=1S/C14H21FN2O2/c1-5-9(3)17-14(18)10(4)19-13-6-8(2)12(16)7-11(13)15/h6-7,9-10H,5,16H2,1-4H3,(H,17,18). The summed E-state index contributed by atoms with van der Waals surface area (Å²) in [6.45, 7) is 7.21. The van der Waals surface area contributed by atoms with Crippen LogP contribution in [0.4, 0.5) is 10.1 Å². The van der Waals surface area contributed by atoms with Crippen molar-refractivity contribution in [2.45, 2.75) is 46.3 Å². The number of halogens is 1. The Morgan fingerprint density at radius 1 is 1.47 bits per heavy atom. The van der Waals surface area contributed by atoms with Crippen LogP contribution >= 0.6 is 0 Å². The number of rotatable bonds is 5. The van der Waals surface area contributed by atoms with E-state index in [0.29, 0.717) is 11.3 Å². The van der Waals surface area contributed by atoms with Crippen molar-refractivity contribution in [3.8, 4) is 5.75 Å². The molecule has 0 saturated carbocycles. The van der Waals surface area contributed by atoms with Gasteiger partial charge in [-0.05, 0) is 38.8 Å². The first-order valence-corrected chi connectivity index (χ1v) is 6.37. The number of anilines is 1. The van der Waals surface area contributed by atoms with E-state index in [9.17, 15) is 9.18 Å². The molecule has 0 bridgehead atoms. The number of carbonyl (C=O) groups is 1. The Bertz CT molecular complexity index is 463. The van der Waals surface area contributed by atoms with Crippen LogP contribution in [-0.2, 0) is 4.79 Å². The summed E-state index contributed by atoms with van der Waals surface area (Å²) >= 11 is 0. The number of ether oxygens (including phenoxy) is 1. The second kappa shape index (κ2) is 6.41. The number of nitrogens with one attached hydrogen (secondary N) is 1. The molecule has 0 fully saturated rings. The normalized spacial score (nSPS) is 13.7. The molecule has 1 rings (SSSR count).